The van der Waals surface area contributed by atoms with Crippen LogP contribution >= 0.6 is 11.3 Å². The average Bonchev–Trinajstić information content (AvgIpc) is 3.12. The van der Waals surface area contributed by atoms with Gasteiger partial charge in [0.05, 0.1) is 11.6 Å². The molecule has 0 saturated carbocycles. The van der Waals surface area contributed by atoms with E-state index in [1.807, 2.05) is 0 Å². The van der Waals surface area contributed by atoms with Crippen LogP contribution in [0.15, 0.2) is 4.21 Å². The molecule has 0 aromatic carbocycles. The molecule has 0 aliphatic carbocycles. The fourth-order valence-electron chi connectivity index (χ4n) is 3.42. The van der Waals surface area contributed by atoms with E-state index < -0.39 is 57.1 Å². The Morgan fingerprint density at radius 2 is 1.67 bits per heavy atom. The molecule has 6 N–H and O–H groups in total. The summed E-state index contributed by atoms with van der Waals surface area (Å²) in [6.45, 7) is 11.4. The first kappa shape index (κ1) is 31.4. The Kier molecular flexibility index (Phi) is 11.0. The van der Waals surface area contributed by atoms with Gasteiger partial charge in [0.25, 0.3) is 15.9 Å². The topological polar surface area (TPSA) is 196 Å². The zero-order chi connectivity index (χ0) is 28.0. The number of rotatable bonds is 11. The summed E-state index contributed by atoms with van der Waals surface area (Å²) in [6, 6.07) is -2.71. The molecule has 0 aliphatic rings. The van der Waals surface area contributed by atoms with Crippen molar-refractivity contribution in [3.8, 4) is 0 Å². The van der Waals surface area contributed by atoms with E-state index in [4.69, 9.17) is 0 Å². The Balaban J connectivity index is 3.46. The molecule has 204 valence electrons. The lowest BCUT2D eigenvalue weighted by Gasteiger charge is -2.33. The van der Waals surface area contributed by atoms with Crippen molar-refractivity contribution in [1.29, 1.82) is 0 Å². The summed E-state index contributed by atoms with van der Waals surface area (Å²) in [5, 5.41) is 16.9. The van der Waals surface area contributed by atoms with Crippen LogP contribution in [-0.4, -0.2) is 61.4 Å². The molecule has 0 aliphatic heterocycles. The van der Waals surface area contributed by atoms with Gasteiger partial charge in [0, 0.05) is 14.0 Å². The average molecular weight is 549 g/mol. The zero-order valence-electron chi connectivity index (χ0n) is 21.7. The molecule has 3 atom stereocenters. The molecule has 1 aromatic rings. The second-order valence-corrected chi connectivity index (χ2v) is 12.7. The molecule has 1 aromatic heterocycles. The van der Waals surface area contributed by atoms with Crippen LogP contribution in [0.2, 0.25) is 0 Å². The summed E-state index contributed by atoms with van der Waals surface area (Å²) in [4.78, 5) is 53.8. The number of likely N-dealkylation sites (N-methyl/N-ethyl adjacent to an activating group) is 1. The molecule has 1 heterocycles. The van der Waals surface area contributed by atoms with Gasteiger partial charge < -0.3 is 16.0 Å². The number of anilines is 1. The highest BCUT2D eigenvalue weighted by molar-refractivity contribution is 7.91. The van der Waals surface area contributed by atoms with Gasteiger partial charge in [-0.05, 0) is 24.7 Å². The van der Waals surface area contributed by atoms with Crippen LogP contribution in [0.3, 0.4) is 0 Å². The Hall–Kier alpha value is -2.62. The van der Waals surface area contributed by atoms with Crippen molar-refractivity contribution < 1.29 is 32.8 Å². The lowest BCUT2D eigenvalue weighted by molar-refractivity contribution is -0.139. The molecule has 1 rings (SSSR count). The Labute approximate surface area is 215 Å². The third kappa shape index (κ3) is 8.50. The monoisotopic (exact) mass is 548 g/mol. The lowest BCUT2D eigenvalue weighted by Crippen LogP contribution is -2.59. The van der Waals surface area contributed by atoms with E-state index in [-0.39, 0.29) is 27.4 Å². The van der Waals surface area contributed by atoms with E-state index in [2.05, 4.69) is 25.7 Å². The van der Waals surface area contributed by atoms with Gasteiger partial charge in [0.1, 0.15) is 12.1 Å². The zero-order valence-corrected chi connectivity index (χ0v) is 23.3. The van der Waals surface area contributed by atoms with Gasteiger partial charge in [-0.15, -0.1) is 0 Å². The Morgan fingerprint density at radius 1 is 1.08 bits per heavy atom. The molecular weight excluding hydrogens is 512 g/mol. The molecular formula is C21H36N6O7S2. The highest BCUT2D eigenvalue weighted by atomic mass is 32.2. The minimum Gasteiger partial charge on any atom is -0.357 e. The van der Waals surface area contributed by atoms with Crippen molar-refractivity contribution in [1.82, 2.24) is 25.8 Å². The van der Waals surface area contributed by atoms with E-state index in [1.165, 1.54) is 26.4 Å². The largest absolute Gasteiger partial charge is 0.357 e. The van der Waals surface area contributed by atoms with Gasteiger partial charge in [-0.3, -0.25) is 24.4 Å². The lowest BCUT2D eigenvalue weighted by atomic mass is 9.84. The summed E-state index contributed by atoms with van der Waals surface area (Å²) in [7, 11) is -3.01. The first-order chi connectivity index (χ1) is 16.4. The molecule has 0 saturated heterocycles. The summed E-state index contributed by atoms with van der Waals surface area (Å²) < 4.78 is 28.4. The molecule has 0 unspecified atom stereocenters. The van der Waals surface area contributed by atoms with Crippen LogP contribution in [-0.2, 0) is 29.2 Å². The predicted octanol–water partition coefficient (Wildman–Crippen LogP) is 0.501. The second-order valence-electron chi connectivity index (χ2n) is 9.81. The number of hydroxylamine groups is 1. The fraction of sp³-hybridized carbons (Fsp3) is 0.667. The molecule has 0 bridgehead atoms. The first-order valence-corrected chi connectivity index (χ1v) is 13.5. The highest BCUT2D eigenvalue weighted by Gasteiger charge is 2.41. The number of carbonyl (C=O) groups excluding carboxylic acids is 4. The second kappa shape index (κ2) is 12.6. The Morgan fingerprint density at radius 3 is 2.11 bits per heavy atom. The van der Waals surface area contributed by atoms with Crippen molar-refractivity contribution in [3.63, 3.8) is 0 Å². The number of nitrogens with zero attached hydrogens (tertiary/aromatic N) is 1. The van der Waals surface area contributed by atoms with Gasteiger partial charge in [0.2, 0.25) is 17.7 Å². The van der Waals surface area contributed by atoms with Gasteiger partial charge in [0.15, 0.2) is 9.34 Å². The maximum atomic E-state index is 13.4. The number of thiazole rings is 1. The summed E-state index contributed by atoms with van der Waals surface area (Å²) in [6.07, 6.45) is 0.0515. The number of carbonyl (C=O) groups is 4. The third-order valence-electron chi connectivity index (χ3n) is 5.08. The summed E-state index contributed by atoms with van der Waals surface area (Å²) >= 11 is 0.670. The minimum atomic E-state index is -4.43. The van der Waals surface area contributed by atoms with E-state index in [9.17, 15) is 32.8 Å². The van der Waals surface area contributed by atoms with E-state index in [1.54, 1.807) is 34.6 Å². The molecule has 0 radical (unpaired) electrons. The van der Waals surface area contributed by atoms with Gasteiger partial charge in [-0.25, -0.2) is 18.9 Å². The maximum absolute atomic E-state index is 13.4. The van der Waals surface area contributed by atoms with E-state index in [0.717, 1.165) is 0 Å². The predicted molar refractivity (Wildman–Crippen MR) is 134 cm³/mol. The molecule has 15 heteroatoms. The van der Waals surface area contributed by atoms with Crippen molar-refractivity contribution in [3.05, 3.63) is 5.69 Å². The molecule has 0 fully saturated rings. The molecule has 4 amide bonds. The molecule has 36 heavy (non-hydrogen) atoms. The standard InChI is InChI=1S/C21H36N6O7S2/c1-10(2)9-13(16(29)25-15(18(31)22-8)21(5,6)7)14(17(30)26-32)27-36(33,34)19-11(3)23-20(35-19)24-12(4)28/h10,13-15,27,32H,9H2,1-8H3,(H,22,31)(H,25,29)(H,26,30)(H,23,24,28)/t13-,14+,15-/m1/s1. The summed E-state index contributed by atoms with van der Waals surface area (Å²) in [5.74, 6) is -4.27. The van der Waals surface area contributed by atoms with Crippen molar-refractivity contribution in [2.24, 2.45) is 17.3 Å². The number of sulfonamides is 1. The van der Waals surface area contributed by atoms with Crippen LogP contribution in [0.5, 0.6) is 0 Å². The van der Waals surface area contributed by atoms with Gasteiger partial charge in [-0.1, -0.05) is 46.0 Å². The number of aromatic nitrogens is 1. The third-order valence-corrected chi connectivity index (χ3v) is 8.21. The number of hydrogen-bond donors (Lipinski definition) is 6. The van der Waals surface area contributed by atoms with Crippen molar-refractivity contribution >= 4 is 50.1 Å². The smallest absolute Gasteiger partial charge is 0.262 e. The number of hydrogen-bond acceptors (Lipinski definition) is 9. The fourth-order valence-corrected chi connectivity index (χ4v) is 6.13. The number of amides is 4. The van der Waals surface area contributed by atoms with Crippen LogP contribution in [0, 0.1) is 24.2 Å². The van der Waals surface area contributed by atoms with Crippen molar-refractivity contribution in [2.45, 2.75) is 71.2 Å². The SMILES string of the molecule is CNC(=O)[C@@H](NC(=O)[C@H](CC(C)C)[C@H](NS(=O)(=O)c1sc(NC(C)=O)nc1C)C(=O)NO)C(C)(C)C. The highest BCUT2D eigenvalue weighted by Crippen LogP contribution is 2.29. The van der Waals surface area contributed by atoms with E-state index in [0.29, 0.717) is 11.3 Å². The molecule has 13 nitrogen and oxygen atoms in total. The number of aryl methyl sites for hydroxylation is 1. The van der Waals surface area contributed by atoms with Crippen LogP contribution in [0.4, 0.5) is 5.13 Å². The quantitative estimate of drug-likeness (QED) is 0.170. The Bertz CT molecular complexity index is 1080. The van der Waals surface area contributed by atoms with Crippen molar-refractivity contribution in [2.75, 3.05) is 12.4 Å². The van der Waals surface area contributed by atoms with Gasteiger partial charge in [-0.2, -0.15) is 4.72 Å². The molecule has 0 spiro atoms. The van der Waals surface area contributed by atoms with Crippen LogP contribution in [0.25, 0.3) is 0 Å². The van der Waals surface area contributed by atoms with Crippen LogP contribution in [0.1, 0.15) is 53.7 Å². The summed E-state index contributed by atoms with van der Waals surface area (Å²) in [5.41, 5.74) is 0.781. The maximum Gasteiger partial charge on any atom is 0.262 e. The van der Waals surface area contributed by atoms with Gasteiger partial charge >= 0.3 is 0 Å². The first-order valence-electron chi connectivity index (χ1n) is 11.2. The normalized spacial score (nSPS) is 14.5. The minimum absolute atomic E-state index is 0.0404. The van der Waals surface area contributed by atoms with E-state index >= 15 is 0 Å². The number of nitrogens with one attached hydrogen (secondary N) is 5. The van der Waals surface area contributed by atoms with Crippen LogP contribution < -0.4 is 26.2 Å².